The van der Waals surface area contributed by atoms with E-state index in [1.54, 1.807) is 0 Å². The Balaban J connectivity index is 1.46. The number of carbonyl (C=O) groups excluding carboxylic acids is 1. The van der Waals surface area contributed by atoms with Crippen molar-refractivity contribution < 1.29 is 9.53 Å². The fourth-order valence-electron chi connectivity index (χ4n) is 4.03. The fraction of sp³-hybridized carbons (Fsp3) is 0.444. The molecule has 0 aliphatic carbocycles. The van der Waals surface area contributed by atoms with Crippen molar-refractivity contribution >= 4 is 6.09 Å². The molecule has 1 aliphatic rings. The molecule has 0 bridgehead atoms. The van der Waals surface area contributed by atoms with Crippen molar-refractivity contribution in [3.63, 3.8) is 0 Å². The Bertz CT molecular complexity index is 780. The third-order valence-electron chi connectivity index (χ3n) is 5.61. The average molecular weight is 421 g/mol. The van der Waals surface area contributed by atoms with E-state index in [9.17, 15) is 4.79 Å². The number of rotatable bonds is 7. The Hall–Kier alpha value is -2.59. The van der Waals surface area contributed by atoms with Crippen molar-refractivity contribution in [1.29, 1.82) is 0 Å². The van der Waals surface area contributed by atoms with Gasteiger partial charge in [0.15, 0.2) is 0 Å². The summed E-state index contributed by atoms with van der Waals surface area (Å²) in [6.45, 7) is 8.61. The molecule has 0 radical (unpaired) electrons. The Morgan fingerprint density at radius 2 is 1.55 bits per heavy atom. The molecule has 1 heterocycles. The van der Waals surface area contributed by atoms with Crippen LogP contribution in [0, 0.1) is 0 Å². The predicted molar refractivity (Wildman–Crippen MR) is 127 cm³/mol. The molecule has 166 valence electrons. The standard InChI is InChI=1S/C27H36N2O2/c1-27(2,3)31-26(30)28-24-17-20-29(21-18-24)19-11-10-16-25(22-12-6-4-7-13-22)23-14-8-5-9-15-23/h4-15,24-25H,16-21H2,1-3H3,(H,28,30)/b11-10-. The lowest BCUT2D eigenvalue weighted by atomic mass is 9.88. The van der Waals surface area contributed by atoms with Gasteiger partial charge in [-0.3, -0.25) is 4.90 Å². The maximum absolute atomic E-state index is 12.0. The van der Waals surface area contributed by atoms with Gasteiger partial charge in [0.2, 0.25) is 0 Å². The number of benzene rings is 2. The minimum Gasteiger partial charge on any atom is -0.444 e. The molecule has 0 atom stereocenters. The summed E-state index contributed by atoms with van der Waals surface area (Å²) in [5.41, 5.74) is 2.26. The van der Waals surface area contributed by atoms with Crippen LogP contribution in [-0.2, 0) is 4.74 Å². The summed E-state index contributed by atoms with van der Waals surface area (Å²) in [5, 5.41) is 3.01. The zero-order chi connectivity index (χ0) is 22.1. The molecule has 2 aromatic rings. The number of allylic oxidation sites excluding steroid dienone is 1. The van der Waals surface area contributed by atoms with Crippen LogP contribution in [0.5, 0.6) is 0 Å². The van der Waals surface area contributed by atoms with E-state index < -0.39 is 5.60 Å². The second-order valence-electron chi connectivity index (χ2n) is 9.30. The van der Waals surface area contributed by atoms with Gasteiger partial charge in [-0.15, -0.1) is 0 Å². The summed E-state index contributed by atoms with van der Waals surface area (Å²) in [6, 6.07) is 21.7. The lowest BCUT2D eigenvalue weighted by Crippen LogP contribution is -2.46. The number of nitrogens with zero attached hydrogens (tertiary/aromatic N) is 1. The monoisotopic (exact) mass is 420 g/mol. The highest BCUT2D eigenvalue weighted by Crippen LogP contribution is 2.28. The van der Waals surface area contributed by atoms with Crippen molar-refractivity contribution in [2.45, 2.75) is 57.6 Å². The van der Waals surface area contributed by atoms with Gasteiger partial charge in [0.25, 0.3) is 0 Å². The number of likely N-dealkylation sites (tertiary alicyclic amines) is 1. The van der Waals surface area contributed by atoms with Crippen molar-refractivity contribution in [1.82, 2.24) is 10.2 Å². The number of carbonyl (C=O) groups is 1. The molecule has 1 saturated heterocycles. The molecule has 0 spiro atoms. The van der Waals surface area contributed by atoms with Crippen LogP contribution in [0.3, 0.4) is 0 Å². The fourth-order valence-corrected chi connectivity index (χ4v) is 4.03. The third-order valence-corrected chi connectivity index (χ3v) is 5.61. The van der Waals surface area contributed by atoms with Crippen LogP contribution in [0.2, 0.25) is 0 Å². The topological polar surface area (TPSA) is 41.6 Å². The summed E-state index contributed by atoms with van der Waals surface area (Å²) >= 11 is 0. The van der Waals surface area contributed by atoms with Crippen LogP contribution >= 0.6 is 0 Å². The van der Waals surface area contributed by atoms with Gasteiger partial charge in [-0.25, -0.2) is 4.79 Å². The number of hydrogen-bond donors (Lipinski definition) is 1. The van der Waals surface area contributed by atoms with Crippen LogP contribution in [0.25, 0.3) is 0 Å². The van der Waals surface area contributed by atoms with Gasteiger partial charge in [-0.1, -0.05) is 72.8 Å². The molecule has 2 aromatic carbocycles. The maximum atomic E-state index is 12.0. The Labute approximate surface area is 187 Å². The summed E-state index contributed by atoms with van der Waals surface area (Å²) < 4.78 is 5.37. The van der Waals surface area contributed by atoms with Crippen molar-refractivity contribution in [2.75, 3.05) is 19.6 Å². The molecule has 3 rings (SSSR count). The second-order valence-corrected chi connectivity index (χ2v) is 9.30. The van der Waals surface area contributed by atoms with Gasteiger partial charge < -0.3 is 10.1 Å². The first kappa shape index (κ1) is 23.1. The third kappa shape index (κ3) is 7.87. The normalized spacial score (nSPS) is 16.0. The molecule has 1 amide bonds. The van der Waals surface area contributed by atoms with E-state index >= 15 is 0 Å². The lowest BCUT2D eigenvalue weighted by molar-refractivity contribution is 0.0481. The van der Waals surface area contributed by atoms with Gasteiger partial charge in [0, 0.05) is 31.6 Å². The number of amides is 1. The quantitative estimate of drug-likeness (QED) is 0.580. The highest BCUT2D eigenvalue weighted by molar-refractivity contribution is 5.68. The lowest BCUT2D eigenvalue weighted by Gasteiger charge is -2.32. The highest BCUT2D eigenvalue weighted by atomic mass is 16.6. The number of hydrogen-bond acceptors (Lipinski definition) is 3. The van der Waals surface area contributed by atoms with Crippen LogP contribution in [0.1, 0.15) is 57.1 Å². The SMILES string of the molecule is CC(C)(C)OC(=O)NC1CCN(C/C=C\CC(c2ccccc2)c2ccccc2)CC1. The first-order chi connectivity index (χ1) is 14.9. The van der Waals surface area contributed by atoms with Crippen LogP contribution < -0.4 is 5.32 Å². The summed E-state index contributed by atoms with van der Waals surface area (Å²) in [6.07, 6.45) is 7.22. The smallest absolute Gasteiger partial charge is 0.407 e. The van der Waals surface area contributed by atoms with E-state index in [1.807, 2.05) is 20.8 Å². The van der Waals surface area contributed by atoms with E-state index in [0.29, 0.717) is 5.92 Å². The van der Waals surface area contributed by atoms with Crippen LogP contribution in [0.15, 0.2) is 72.8 Å². The molecular weight excluding hydrogens is 384 g/mol. The van der Waals surface area contributed by atoms with E-state index in [1.165, 1.54) is 11.1 Å². The molecule has 0 saturated carbocycles. The number of ether oxygens (including phenoxy) is 1. The number of nitrogens with one attached hydrogen (secondary N) is 1. The summed E-state index contributed by atoms with van der Waals surface area (Å²) in [4.78, 5) is 14.4. The van der Waals surface area contributed by atoms with Crippen molar-refractivity contribution in [2.24, 2.45) is 0 Å². The Kier molecular flexibility index (Phi) is 8.30. The summed E-state index contributed by atoms with van der Waals surface area (Å²) in [7, 11) is 0. The number of alkyl carbamates (subject to hydrolysis) is 1. The van der Waals surface area contributed by atoms with Gasteiger partial charge >= 0.3 is 6.09 Å². The maximum Gasteiger partial charge on any atom is 0.407 e. The highest BCUT2D eigenvalue weighted by Gasteiger charge is 2.23. The zero-order valence-electron chi connectivity index (χ0n) is 19.1. The summed E-state index contributed by atoms with van der Waals surface area (Å²) in [5.74, 6) is 0.377. The van der Waals surface area contributed by atoms with E-state index in [-0.39, 0.29) is 12.1 Å². The van der Waals surface area contributed by atoms with Crippen molar-refractivity contribution in [3.05, 3.63) is 83.9 Å². The molecule has 1 fully saturated rings. The molecule has 1 aliphatic heterocycles. The average Bonchev–Trinajstić information content (AvgIpc) is 2.75. The van der Waals surface area contributed by atoms with Gasteiger partial charge in [0.05, 0.1) is 0 Å². The molecule has 1 N–H and O–H groups in total. The first-order valence-electron chi connectivity index (χ1n) is 11.4. The Morgan fingerprint density at radius 3 is 2.06 bits per heavy atom. The molecule has 31 heavy (non-hydrogen) atoms. The molecule has 4 nitrogen and oxygen atoms in total. The zero-order valence-corrected chi connectivity index (χ0v) is 19.1. The molecular formula is C27H36N2O2. The van der Waals surface area contributed by atoms with Crippen molar-refractivity contribution in [3.8, 4) is 0 Å². The van der Waals surface area contributed by atoms with Crippen LogP contribution in [-0.4, -0.2) is 42.3 Å². The van der Waals surface area contributed by atoms with E-state index in [4.69, 9.17) is 4.74 Å². The van der Waals surface area contributed by atoms with E-state index in [0.717, 1.165) is 38.9 Å². The van der Waals surface area contributed by atoms with Gasteiger partial charge in [0.1, 0.15) is 5.60 Å². The minimum atomic E-state index is -0.451. The largest absolute Gasteiger partial charge is 0.444 e. The van der Waals surface area contributed by atoms with Gasteiger partial charge in [-0.2, -0.15) is 0 Å². The predicted octanol–water partition coefficient (Wildman–Crippen LogP) is 5.75. The van der Waals surface area contributed by atoms with E-state index in [2.05, 4.69) is 83.0 Å². The minimum absolute atomic E-state index is 0.204. The first-order valence-corrected chi connectivity index (χ1v) is 11.4. The molecule has 0 unspecified atom stereocenters. The second kappa shape index (κ2) is 11.1. The number of piperidine rings is 1. The Morgan fingerprint density at radius 1 is 1.00 bits per heavy atom. The van der Waals surface area contributed by atoms with Crippen LogP contribution in [0.4, 0.5) is 4.79 Å². The molecule has 4 heteroatoms. The van der Waals surface area contributed by atoms with Gasteiger partial charge in [-0.05, 0) is 51.2 Å². The molecule has 0 aromatic heterocycles.